The maximum Gasteiger partial charge on any atom is 0.338 e. The van der Waals surface area contributed by atoms with Crippen molar-refractivity contribution < 1.29 is 9.53 Å². The zero-order valence-corrected chi connectivity index (χ0v) is 9.45. The van der Waals surface area contributed by atoms with Crippen LogP contribution in [0.1, 0.15) is 42.6 Å². The molecule has 0 N–H and O–H groups in total. The molecule has 0 amide bonds. The second-order valence-electron chi connectivity index (χ2n) is 3.48. The van der Waals surface area contributed by atoms with Crippen molar-refractivity contribution in [2.24, 2.45) is 0 Å². The van der Waals surface area contributed by atoms with E-state index in [0.29, 0.717) is 12.2 Å². The van der Waals surface area contributed by atoms with Gasteiger partial charge in [0, 0.05) is 0 Å². The molecule has 0 aliphatic carbocycles. The summed E-state index contributed by atoms with van der Waals surface area (Å²) in [4.78, 5) is 11.6. The Morgan fingerprint density at radius 1 is 1.27 bits per heavy atom. The lowest BCUT2D eigenvalue weighted by Crippen LogP contribution is -2.07. The van der Waals surface area contributed by atoms with E-state index in [0.717, 1.165) is 24.8 Å². The molecular formula is C13H18O2. The summed E-state index contributed by atoms with van der Waals surface area (Å²) in [6.45, 7) is 4.40. The van der Waals surface area contributed by atoms with E-state index < -0.39 is 0 Å². The van der Waals surface area contributed by atoms with Gasteiger partial charge in [0.1, 0.15) is 0 Å². The molecule has 0 bridgehead atoms. The van der Waals surface area contributed by atoms with E-state index in [2.05, 4.69) is 6.92 Å². The minimum absolute atomic E-state index is 0.204. The highest BCUT2D eigenvalue weighted by Gasteiger charge is 2.10. The lowest BCUT2D eigenvalue weighted by atomic mass is 10.0. The van der Waals surface area contributed by atoms with Gasteiger partial charge in [0.05, 0.1) is 12.2 Å². The highest BCUT2D eigenvalue weighted by molar-refractivity contribution is 5.91. The lowest BCUT2D eigenvalue weighted by molar-refractivity contribution is 0.0525. The van der Waals surface area contributed by atoms with Gasteiger partial charge >= 0.3 is 5.97 Å². The van der Waals surface area contributed by atoms with Crippen LogP contribution in [0.3, 0.4) is 0 Å². The van der Waals surface area contributed by atoms with Gasteiger partial charge in [0.15, 0.2) is 0 Å². The van der Waals surface area contributed by atoms with Crippen LogP contribution < -0.4 is 0 Å². The molecule has 0 fully saturated rings. The number of hydrogen-bond donors (Lipinski definition) is 0. The normalized spacial score (nSPS) is 10.0. The van der Waals surface area contributed by atoms with Crippen LogP contribution in [0.5, 0.6) is 0 Å². The largest absolute Gasteiger partial charge is 0.462 e. The molecule has 82 valence electrons. The molecule has 1 aromatic carbocycles. The molecule has 0 aliphatic heterocycles. The van der Waals surface area contributed by atoms with Gasteiger partial charge in [0.2, 0.25) is 0 Å². The van der Waals surface area contributed by atoms with Crippen LogP contribution in [0.4, 0.5) is 0 Å². The first kappa shape index (κ1) is 11.8. The fraction of sp³-hybridized carbons (Fsp3) is 0.462. The molecule has 0 radical (unpaired) electrons. The van der Waals surface area contributed by atoms with Crippen LogP contribution >= 0.6 is 0 Å². The van der Waals surface area contributed by atoms with Crippen molar-refractivity contribution in [3.8, 4) is 0 Å². The highest BCUT2D eigenvalue weighted by atomic mass is 16.5. The molecule has 1 aromatic rings. The number of rotatable bonds is 5. The summed E-state index contributed by atoms with van der Waals surface area (Å²) < 4.78 is 5.01. The van der Waals surface area contributed by atoms with Gasteiger partial charge in [-0.2, -0.15) is 0 Å². The Kier molecular flexibility index (Phi) is 4.88. The number of unbranched alkanes of at least 4 members (excludes halogenated alkanes) is 1. The molecule has 2 heteroatoms. The van der Waals surface area contributed by atoms with Gasteiger partial charge in [-0.05, 0) is 31.4 Å². The van der Waals surface area contributed by atoms with Crippen LogP contribution in [0, 0.1) is 0 Å². The third-order valence-electron chi connectivity index (χ3n) is 2.31. The van der Waals surface area contributed by atoms with Gasteiger partial charge in [-0.25, -0.2) is 4.79 Å². The Hall–Kier alpha value is -1.31. The molecular weight excluding hydrogens is 188 g/mol. The number of esters is 1. The summed E-state index contributed by atoms with van der Waals surface area (Å²) in [5, 5.41) is 0. The number of ether oxygens (including phenoxy) is 1. The van der Waals surface area contributed by atoms with Gasteiger partial charge in [-0.15, -0.1) is 0 Å². The van der Waals surface area contributed by atoms with Gasteiger partial charge < -0.3 is 4.74 Å². The first-order chi connectivity index (χ1) is 7.29. The monoisotopic (exact) mass is 206 g/mol. The van der Waals surface area contributed by atoms with Crippen molar-refractivity contribution in [1.82, 2.24) is 0 Å². The molecule has 0 saturated carbocycles. The van der Waals surface area contributed by atoms with Crippen molar-refractivity contribution in [2.45, 2.75) is 33.1 Å². The average Bonchev–Trinajstić information content (AvgIpc) is 2.27. The predicted octanol–water partition coefficient (Wildman–Crippen LogP) is 3.21. The topological polar surface area (TPSA) is 26.3 Å². The molecule has 2 nitrogen and oxygen atoms in total. The Labute approximate surface area is 91.3 Å². The fourth-order valence-corrected chi connectivity index (χ4v) is 1.51. The molecule has 15 heavy (non-hydrogen) atoms. The molecule has 0 heterocycles. The SMILES string of the molecule is CCCCc1ccccc1C(=O)OCC. The number of benzene rings is 1. The Morgan fingerprint density at radius 3 is 2.67 bits per heavy atom. The maximum absolute atomic E-state index is 11.6. The molecule has 0 unspecified atom stereocenters. The number of aryl methyl sites for hydroxylation is 1. The predicted molar refractivity (Wildman–Crippen MR) is 61.0 cm³/mol. The van der Waals surface area contributed by atoms with Gasteiger partial charge in [-0.3, -0.25) is 0 Å². The molecule has 0 spiro atoms. The Morgan fingerprint density at radius 2 is 2.00 bits per heavy atom. The molecule has 0 atom stereocenters. The number of carbonyl (C=O) groups excluding carboxylic acids is 1. The third-order valence-corrected chi connectivity index (χ3v) is 2.31. The van der Waals surface area contributed by atoms with E-state index in [1.807, 2.05) is 31.2 Å². The molecule has 0 aliphatic rings. The van der Waals surface area contributed by atoms with Crippen molar-refractivity contribution in [1.29, 1.82) is 0 Å². The van der Waals surface area contributed by atoms with Gasteiger partial charge in [-0.1, -0.05) is 31.5 Å². The van der Waals surface area contributed by atoms with Crippen molar-refractivity contribution in [2.75, 3.05) is 6.61 Å². The van der Waals surface area contributed by atoms with E-state index in [4.69, 9.17) is 4.74 Å². The van der Waals surface area contributed by atoms with E-state index in [1.54, 1.807) is 0 Å². The van der Waals surface area contributed by atoms with Crippen LogP contribution in [0.15, 0.2) is 24.3 Å². The zero-order valence-electron chi connectivity index (χ0n) is 9.45. The Balaban J connectivity index is 2.80. The summed E-state index contributed by atoms with van der Waals surface area (Å²) in [5.41, 5.74) is 1.81. The van der Waals surface area contributed by atoms with Crippen LogP contribution in [0.25, 0.3) is 0 Å². The Bertz CT molecular complexity index is 318. The minimum atomic E-state index is -0.204. The number of carbonyl (C=O) groups is 1. The van der Waals surface area contributed by atoms with Crippen LogP contribution in [-0.4, -0.2) is 12.6 Å². The van der Waals surface area contributed by atoms with E-state index in [1.165, 1.54) is 0 Å². The minimum Gasteiger partial charge on any atom is -0.462 e. The van der Waals surface area contributed by atoms with E-state index in [9.17, 15) is 4.79 Å². The standard InChI is InChI=1S/C13H18O2/c1-3-5-8-11-9-6-7-10-12(11)13(14)15-4-2/h6-7,9-10H,3-5,8H2,1-2H3. The van der Waals surface area contributed by atoms with Crippen molar-refractivity contribution >= 4 is 5.97 Å². The number of hydrogen-bond acceptors (Lipinski definition) is 2. The fourth-order valence-electron chi connectivity index (χ4n) is 1.51. The van der Waals surface area contributed by atoms with Crippen molar-refractivity contribution in [3.63, 3.8) is 0 Å². The second kappa shape index (κ2) is 6.23. The summed E-state index contributed by atoms with van der Waals surface area (Å²) in [5.74, 6) is -0.204. The van der Waals surface area contributed by atoms with Gasteiger partial charge in [0.25, 0.3) is 0 Å². The summed E-state index contributed by atoms with van der Waals surface area (Å²) in [6, 6.07) is 7.68. The third kappa shape index (κ3) is 3.39. The molecule has 0 saturated heterocycles. The first-order valence-electron chi connectivity index (χ1n) is 5.54. The van der Waals surface area contributed by atoms with Crippen LogP contribution in [0.2, 0.25) is 0 Å². The van der Waals surface area contributed by atoms with E-state index in [-0.39, 0.29) is 5.97 Å². The smallest absolute Gasteiger partial charge is 0.338 e. The summed E-state index contributed by atoms with van der Waals surface area (Å²) >= 11 is 0. The summed E-state index contributed by atoms with van der Waals surface area (Å²) in [7, 11) is 0. The van der Waals surface area contributed by atoms with Crippen molar-refractivity contribution in [3.05, 3.63) is 35.4 Å². The first-order valence-corrected chi connectivity index (χ1v) is 5.54. The zero-order chi connectivity index (χ0) is 11.1. The van der Waals surface area contributed by atoms with E-state index >= 15 is 0 Å². The highest BCUT2D eigenvalue weighted by Crippen LogP contribution is 2.13. The average molecular weight is 206 g/mol. The maximum atomic E-state index is 11.6. The quantitative estimate of drug-likeness (QED) is 0.691. The second-order valence-corrected chi connectivity index (χ2v) is 3.48. The summed E-state index contributed by atoms with van der Waals surface area (Å²) in [6.07, 6.45) is 3.19. The molecule has 1 rings (SSSR count). The van der Waals surface area contributed by atoms with Crippen LogP contribution in [-0.2, 0) is 11.2 Å². The lowest BCUT2D eigenvalue weighted by Gasteiger charge is -2.07. The molecule has 0 aromatic heterocycles.